The number of hydrogen-bond acceptors (Lipinski definition) is 6. The van der Waals surface area contributed by atoms with Gasteiger partial charge < -0.3 is 10.4 Å². The van der Waals surface area contributed by atoms with Gasteiger partial charge in [0.15, 0.2) is 6.04 Å². The Balaban J connectivity index is 1.67. The van der Waals surface area contributed by atoms with E-state index in [0.29, 0.717) is 21.9 Å². The Bertz CT molecular complexity index is 1400. The van der Waals surface area contributed by atoms with Crippen LogP contribution in [-0.4, -0.2) is 33.3 Å². The molecule has 0 fully saturated rings. The van der Waals surface area contributed by atoms with Gasteiger partial charge in [0.2, 0.25) is 0 Å². The number of nitrogens with zero attached hydrogens (tertiary/aromatic N) is 2. The lowest BCUT2D eigenvalue weighted by Crippen LogP contribution is -2.40. The second kappa shape index (κ2) is 9.56. The van der Waals surface area contributed by atoms with Crippen LogP contribution in [0.25, 0.3) is 10.8 Å². The predicted octanol–water partition coefficient (Wildman–Crippen LogP) is 2.25. The highest BCUT2D eigenvalue weighted by Crippen LogP contribution is 2.20. The molecule has 0 saturated carbocycles. The molecule has 1 aromatic heterocycles. The summed E-state index contributed by atoms with van der Waals surface area (Å²) in [4.78, 5) is 38.1. The van der Waals surface area contributed by atoms with Crippen molar-refractivity contribution in [3.05, 3.63) is 106 Å². The van der Waals surface area contributed by atoms with Gasteiger partial charge >= 0.3 is 0 Å². The highest BCUT2D eigenvalue weighted by atomic mass is 16.3. The Kier molecular flexibility index (Phi) is 6.21. The zero-order chi connectivity index (χ0) is 23.2. The summed E-state index contributed by atoms with van der Waals surface area (Å²) in [5, 5.41) is 23.3. The van der Waals surface area contributed by atoms with E-state index < -0.39 is 23.4 Å². The van der Waals surface area contributed by atoms with E-state index in [1.807, 2.05) is 0 Å². The van der Waals surface area contributed by atoms with Crippen molar-refractivity contribution in [2.75, 3.05) is 0 Å². The number of phenolic OH excluding ortho intramolecular Hbond substituents is 1. The number of aromatic hydroxyl groups is 1. The summed E-state index contributed by atoms with van der Waals surface area (Å²) < 4.78 is 0. The van der Waals surface area contributed by atoms with E-state index in [-0.39, 0.29) is 11.4 Å². The van der Waals surface area contributed by atoms with Crippen LogP contribution in [0.4, 0.5) is 0 Å². The minimum atomic E-state index is -1.25. The van der Waals surface area contributed by atoms with Crippen LogP contribution >= 0.6 is 0 Å². The molecular weight excluding hydrogens is 422 g/mol. The van der Waals surface area contributed by atoms with Gasteiger partial charge in [-0.05, 0) is 35.9 Å². The number of carbonyl (C=O) groups is 2. The summed E-state index contributed by atoms with van der Waals surface area (Å²) in [5.74, 6) is -1.10. The van der Waals surface area contributed by atoms with Crippen LogP contribution in [-0.2, 0) is 4.79 Å². The fourth-order valence-electron chi connectivity index (χ4n) is 3.26. The van der Waals surface area contributed by atoms with Crippen LogP contribution in [0.1, 0.15) is 27.7 Å². The Hall–Kier alpha value is -4.79. The number of hydrazone groups is 1. The van der Waals surface area contributed by atoms with Crippen molar-refractivity contribution in [1.29, 1.82) is 0 Å². The number of aromatic amines is 1. The minimum absolute atomic E-state index is 0.0576. The van der Waals surface area contributed by atoms with E-state index in [9.17, 15) is 19.5 Å². The van der Waals surface area contributed by atoms with Crippen molar-refractivity contribution in [3.63, 3.8) is 0 Å². The maximum Gasteiger partial charge on any atom is 0.272 e. The number of nitrogens with one attached hydrogen (secondary N) is 3. The summed E-state index contributed by atoms with van der Waals surface area (Å²) in [6.07, 6.45) is 1.35. The summed E-state index contributed by atoms with van der Waals surface area (Å²) in [5.41, 5.74) is 3.06. The summed E-state index contributed by atoms with van der Waals surface area (Å²) in [6, 6.07) is 20.1. The number of rotatable bonds is 6. The Morgan fingerprint density at radius 3 is 2.45 bits per heavy atom. The molecule has 2 amide bonds. The number of H-pyrrole nitrogens is 1. The molecule has 1 atom stereocenters. The molecule has 0 aliphatic carbocycles. The largest absolute Gasteiger partial charge is 0.508 e. The smallest absolute Gasteiger partial charge is 0.272 e. The van der Waals surface area contributed by atoms with Crippen LogP contribution in [0, 0.1) is 0 Å². The molecule has 0 bridgehead atoms. The molecule has 4 aromatic rings. The Labute approximate surface area is 187 Å². The van der Waals surface area contributed by atoms with Crippen molar-refractivity contribution in [2.45, 2.75) is 6.04 Å². The maximum absolute atomic E-state index is 13.1. The number of hydrogen-bond donors (Lipinski definition) is 4. The lowest BCUT2D eigenvalue weighted by molar-refractivity contribution is -0.123. The van der Waals surface area contributed by atoms with Crippen LogP contribution in [0.2, 0.25) is 0 Å². The lowest BCUT2D eigenvalue weighted by atomic mass is 10.0. The molecule has 0 aliphatic rings. The van der Waals surface area contributed by atoms with Gasteiger partial charge in [-0.15, -0.1) is 0 Å². The summed E-state index contributed by atoms with van der Waals surface area (Å²) >= 11 is 0. The SMILES string of the molecule is O=C(NC(C(=O)NN=Cc1cccc(O)c1)c1n[nH]c(=O)c2ccccc12)c1ccccc1. The number of aromatic nitrogens is 2. The number of benzene rings is 3. The zero-order valence-corrected chi connectivity index (χ0v) is 17.2. The lowest BCUT2D eigenvalue weighted by Gasteiger charge is -2.18. The molecule has 0 spiro atoms. The molecule has 9 nitrogen and oxygen atoms in total. The van der Waals surface area contributed by atoms with Gasteiger partial charge in [0.05, 0.1) is 11.6 Å². The van der Waals surface area contributed by atoms with Crippen LogP contribution in [0.3, 0.4) is 0 Å². The van der Waals surface area contributed by atoms with Crippen molar-refractivity contribution < 1.29 is 14.7 Å². The number of phenols is 1. The third kappa shape index (κ3) is 4.93. The fourth-order valence-corrected chi connectivity index (χ4v) is 3.26. The predicted molar refractivity (Wildman–Crippen MR) is 123 cm³/mol. The molecule has 1 heterocycles. The Morgan fingerprint density at radius 2 is 1.70 bits per heavy atom. The molecule has 0 saturated heterocycles. The van der Waals surface area contributed by atoms with Gasteiger partial charge in [0.1, 0.15) is 11.4 Å². The van der Waals surface area contributed by atoms with Gasteiger partial charge in [-0.3, -0.25) is 14.4 Å². The first kappa shape index (κ1) is 21.4. The molecular formula is C24H19N5O4. The first-order chi connectivity index (χ1) is 16.0. The summed E-state index contributed by atoms with van der Waals surface area (Å²) in [7, 11) is 0. The van der Waals surface area contributed by atoms with E-state index in [4.69, 9.17) is 0 Å². The van der Waals surface area contributed by atoms with Gasteiger partial charge in [-0.1, -0.05) is 48.5 Å². The average molecular weight is 441 g/mol. The molecule has 3 aromatic carbocycles. The van der Waals surface area contributed by atoms with Crippen molar-refractivity contribution in [3.8, 4) is 5.75 Å². The van der Waals surface area contributed by atoms with E-state index in [2.05, 4.69) is 26.0 Å². The first-order valence-corrected chi connectivity index (χ1v) is 9.98. The van der Waals surface area contributed by atoms with Crippen LogP contribution in [0.5, 0.6) is 5.75 Å². The van der Waals surface area contributed by atoms with Crippen LogP contribution < -0.4 is 16.3 Å². The van der Waals surface area contributed by atoms with Gasteiger partial charge in [0, 0.05) is 10.9 Å². The second-order valence-electron chi connectivity index (χ2n) is 7.09. The third-order valence-corrected chi connectivity index (χ3v) is 4.83. The molecule has 9 heteroatoms. The highest BCUT2D eigenvalue weighted by Gasteiger charge is 2.27. The van der Waals surface area contributed by atoms with Crippen molar-refractivity contribution >= 4 is 28.8 Å². The topological polar surface area (TPSA) is 137 Å². The van der Waals surface area contributed by atoms with Gasteiger partial charge in [-0.2, -0.15) is 10.2 Å². The number of amides is 2. The average Bonchev–Trinajstić information content (AvgIpc) is 2.84. The minimum Gasteiger partial charge on any atom is -0.508 e. The highest BCUT2D eigenvalue weighted by molar-refractivity contribution is 5.99. The van der Waals surface area contributed by atoms with E-state index in [0.717, 1.165) is 0 Å². The van der Waals surface area contributed by atoms with Crippen molar-refractivity contribution in [2.24, 2.45) is 5.10 Å². The van der Waals surface area contributed by atoms with Crippen LogP contribution in [0.15, 0.2) is 88.8 Å². The normalized spacial score (nSPS) is 11.9. The monoisotopic (exact) mass is 441 g/mol. The Morgan fingerprint density at radius 1 is 0.970 bits per heavy atom. The van der Waals surface area contributed by atoms with Gasteiger partial charge in [-0.25, -0.2) is 10.5 Å². The van der Waals surface area contributed by atoms with E-state index in [1.165, 1.54) is 18.3 Å². The molecule has 33 heavy (non-hydrogen) atoms. The number of fused-ring (bicyclic) bond motifs is 1. The zero-order valence-electron chi connectivity index (χ0n) is 17.2. The first-order valence-electron chi connectivity index (χ1n) is 9.98. The number of carbonyl (C=O) groups excluding carboxylic acids is 2. The maximum atomic E-state index is 13.1. The molecule has 0 radical (unpaired) electrons. The molecule has 4 N–H and O–H groups in total. The quantitative estimate of drug-likeness (QED) is 0.269. The molecule has 0 aliphatic heterocycles. The third-order valence-electron chi connectivity index (χ3n) is 4.83. The second-order valence-corrected chi connectivity index (χ2v) is 7.09. The molecule has 164 valence electrons. The molecule has 4 rings (SSSR count). The standard InChI is InChI=1S/C24H19N5O4/c30-17-10-6-7-15(13-17)14-25-28-24(33)21(26-22(31)16-8-2-1-3-9-16)20-18-11-4-5-12-19(18)23(32)29-27-20/h1-14,21,30H,(H,26,31)(H,28,33)(H,29,32). The molecule has 1 unspecified atom stereocenters. The fraction of sp³-hybridized carbons (Fsp3) is 0.0417. The van der Waals surface area contributed by atoms with E-state index in [1.54, 1.807) is 66.7 Å². The van der Waals surface area contributed by atoms with Gasteiger partial charge in [0.25, 0.3) is 17.4 Å². The summed E-state index contributed by atoms with van der Waals surface area (Å²) in [6.45, 7) is 0. The van der Waals surface area contributed by atoms with E-state index >= 15 is 0 Å². The van der Waals surface area contributed by atoms with Crippen molar-refractivity contribution in [1.82, 2.24) is 20.9 Å².